The average molecular weight is 511 g/mol. The van der Waals surface area contributed by atoms with Gasteiger partial charge in [-0.05, 0) is 42.3 Å². The summed E-state index contributed by atoms with van der Waals surface area (Å²) in [6.45, 7) is 3.25. The molecular formula is C24H22N4O5S2. The number of amides is 1. The Morgan fingerprint density at radius 2 is 2.06 bits per heavy atom. The Hall–Kier alpha value is -3.41. The van der Waals surface area contributed by atoms with Gasteiger partial charge in [-0.15, -0.1) is 0 Å². The van der Waals surface area contributed by atoms with Crippen LogP contribution in [0.5, 0.6) is 11.5 Å². The molecule has 3 aromatic rings. The van der Waals surface area contributed by atoms with Crippen LogP contribution in [0.4, 0.5) is 5.82 Å². The Morgan fingerprint density at radius 1 is 1.23 bits per heavy atom. The van der Waals surface area contributed by atoms with Crippen LogP contribution in [0, 0.1) is 6.92 Å². The monoisotopic (exact) mass is 510 g/mol. The van der Waals surface area contributed by atoms with Crippen molar-refractivity contribution in [1.29, 1.82) is 0 Å². The van der Waals surface area contributed by atoms with E-state index in [4.69, 9.17) is 26.4 Å². The minimum Gasteiger partial charge on any atom is -0.454 e. The SMILES string of the molecule is COCCNc1nc2ccc(C)cn2c(=O)c1C=C1SC(=S)N(Cc2ccc3c(c2)OCO3)C1=O. The molecule has 1 N–H and O–H groups in total. The molecule has 1 saturated heterocycles. The number of anilines is 1. The molecule has 5 rings (SSSR count). The van der Waals surface area contributed by atoms with E-state index in [-0.39, 0.29) is 30.4 Å². The number of hydrogen-bond donors (Lipinski definition) is 1. The zero-order chi connectivity index (χ0) is 24.5. The smallest absolute Gasteiger partial charge is 0.267 e. The largest absolute Gasteiger partial charge is 0.454 e. The Morgan fingerprint density at radius 3 is 2.89 bits per heavy atom. The molecule has 11 heteroatoms. The predicted octanol–water partition coefficient (Wildman–Crippen LogP) is 3.19. The van der Waals surface area contributed by atoms with Gasteiger partial charge in [0.15, 0.2) is 11.5 Å². The van der Waals surface area contributed by atoms with Crippen molar-refractivity contribution in [3.05, 3.63) is 68.5 Å². The van der Waals surface area contributed by atoms with Gasteiger partial charge in [-0.2, -0.15) is 0 Å². The van der Waals surface area contributed by atoms with Crippen LogP contribution in [0.3, 0.4) is 0 Å². The maximum absolute atomic E-state index is 13.4. The summed E-state index contributed by atoms with van der Waals surface area (Å²) in [5.74, 6) is 1.43. The number of methoxy groups -OCH3 is 1. The van der Waals surface area contributed by atoms with Crippen molar-refractivity contribution in [1.82, 2.24) is 14.3 Å². The number of nitrogens with zero attached hydrogens (tertiary/aromatic N) is 3. The van der Waals surface area contributed by atoms with E-state index < -0.39 is 0 Å². The van der Waals surface area contributed by atoms with E-state index in [0.29, 0.717) is 45.3 Å². The van der Waals surface area contributed by atoms with Crippen LogP contribution < -0.4 is 20.3 Å². The number of nitrogens with one attached hydrogen (secondary N) is 1. The summed E-state index contributed by atoms with van der Waals surface area (Å²) in [5, 5.41) is 3.15. The molecule has 0 bridgehead atoms. The number of thioether (sulfide) groups is 1. The van der Waals surface area contributed by atoms with Gasteiger partial charge >= 0.3 is 0 Å². The first-order valence-corrected chi connectivity index (χ1v) is 12.1. The number of carbonyl (C=O) groups is 1. The Balaban J connectivity index is 1.48. The second kappa shape index (κ2) is 9.68. The highest BCUT2D eigenvalue weighted by molar-refractivity contribution is 8.26. The maximum atomic E-state index is 13.4. The first-order valence-electron chi connectivity index (χ1n) is 10.8. The van der Waals surface area contributed by atoms with E-state index in [1.54, 1.807) is 25.4 Å². The number of benzene rings is 1. The van der Waals surface area contributed by atoms with E-state index in [1.807, 2.05) is 31.2 Å². The van der Waals surface area contributed by atoms with Crippen molar-refractivity contribution >= 4 is 51.7 Å². The molecule has 0 unspecified atom stereocenters. The second-order valence-corrected chi connectivity index (χ2v) is 9.66. The Kier molecular flexibility index (Phi) is 6.46. The van der Waals surface area contributed by atoms with E-state index in [2.05, 4.69) is 10.3 Å². The molecule has 2 aliphatic rings. The number of pyridine rings is 1. The second-order valence-electron chi connectivity index (χ2n) is 7.99. The van der Waals surface area contributed by atoms with Crippen LogP contribution >= 0.6 is 24.0 Å². The molecule has 0 saturated carbocycles. The molecular weight excluding hydrogens is 488 g/mol. The van der Waals surface area contributed by atoms with E-state index >= 15 is 0 Å². The maximum Gasteiger partial charge on any atom is 0.267 e. The lowest BCUT2D eigenvalue weighted by Gasteiger charge is -2.15. The summed E-state index contributed by atoms with van der Waals surface area (Å²) < 4.78 is 17.8. The lowest BCUT2D eigenvalue weighted by atomic mass is 10.2. The van der Waals surface area contributed by atoms with Gasteiger partial charge in [-0.3, -0.25) is 18.9 Å². The first kappa shape index (κ1) is 23.3. The highest BCUT2D eigenvalue weighted by Gasteiger charge is 2.33. The molecule has 2 aromatic heterocycles. The fourth-order valence-corrected chi connectivity index (χ4v) is 5.02. The molecule has 1 amide bonds. The summed E-state index contributed by atoms with van der Waals surface area (Å²) in [4.78, 5) is 33.2. The molecule has 35 heavy (non-hydrogen) atoms. The number of rotatable bonds is 7. The Bertz CT molecular complexity index is 1440. The molecule has 1 fully saturated rings. The number of carbonyl (C=O) groups excluding carboxylic acids is 1. The molecule has 0 radical (unpaired) electrons. The van der Waals surface area contributed by atoms with Crippen molar-refractivity contribution in [3.8, 4) is 11.5 Å². The summed E-state index contributed by atoms with van der Waals surface area (Å²) in [5.41, 5.74) is 2.29. The molecule has 0 spiro atoms. The first-order chi connectivity index (χ1) is 16.9. The summed E-state index contributed by atoms with van der Waals surface area (Å²) in [6, 6.07) is 9.20. The average Bonchev–Trinajstić information content (AvgIpc) is 3.41. The minimum atomic E-state index is -0.278. The fourth-order valence-electron chi connectivity index (χ4n) is 3.78. The highest BCUT2D eigenvalue weighted by atomic mass is 32.2. The van der Waals surface area contributed by atoms with Crippen LogP contribution in [0.1, 0.15) is 16.7 Å². The zero-order valence-corrected chi connectivity index (χ0v) is 20.7. The topological polar surface area (TPSA) is 94.4 Å². The van der Waals surface area contributed by atoms with Crippen molar-refractivity contribution in [2.45, 2.75) is 13.5 Å². The molecule has 0 aliphatic carbocycles. The normalized spacial score (nSPS) is 16.1. The lowest BCUT2D eigenvalue weighted by molar-refractivity contribution is -0.122. The van der Waals surface area contributed by atoms with E-state index in [0.717, 1.165) is 22.9 Å². The van der Waals surface area contributed by atoms with Crippen molar-refractivity contribution < 1.29 is 19.0 Å². The number of thiocarbonyl (C=S) groups is 1. The van der Waals surface area contributed by atoms with E-state index in [9.17, 15) is 9.59 Å². The van der Waals surface area contributed by atoms with Gasteiger partial charge in [0.05, 0.1) is 23.6 Å². The van der Waals surface area contributed by atoms with Crippen LogP contribution in [-0.4, -0.2) is 51.6 Å². The van der Waals surface area contributed by atoms with Gasteiger partial charge in [0.2, 0.25) is 6.79 Å². The zero-order valence-electron chi connectivity index (χ0n) is 19.1. The van der Waals surface area contributed by atoms with Gasteiger partial charge in [0, 0.05) is 19.9 Å². The summed E-state index contributed by atoms with van der Waals surface area (Å²) >= 11 is 6.66. The third-order valence-corrected chi connectivity index (χ3v) is 6.91. The number of fused-ring (bicyclic) bond motifs is 2. The quantitative estimate of drug-likeness (QED) is 0.292. The van der Waals surface area contributed by atoms with Gasteiger partial charge < -0.3 is 19.5 Å². The number of ether oxygens (including phenoxy) is 3. The Labute approximate surface area is 210 Å². The van der Waals surface area contributed by atoms with Crippen molar-refractivity contribution in [3.63, 3.8) is 0 Å². The van der Waals surface area contributed by atoms with E-state index in [1.165, 1.54) is 9.30 Å². The third kappa shape index (κ3) is 4.62. The van der Waals surface area contributed by atoms with Gasteiger partial charge in [-0.1, -0.05) is 36.1 Å². The molecule has 180 valence electrons. The van der Waals surface area contributed by atoms with Gasteiger partial charge in [-0.25, -0.2) is 4.98 Å². The molecule has 4 heterocycles. The highest BCUT2D eigenvalue weighted by Crippen LogP contribution is 2.36. The fraction of sp³-hybridized carbons (Fsp3) is 0.250. The van der Waals surface area contributed by atoms with Crippen LogP contribution in [0.15, 0.2) is 46.2 Å². The molecule has 2 aliphatic heterocycles. The number of aryl methyl sites for hydroxylation is 1. The summed E-state index contributed by atoms with van der Waals surface area (Å²) in [7, 11) is 1.60. The van der Waals surface area contributed by atoms with Gasteiger partial charge in [0.1, 0.15) is 15.8 Å². The number of aromatic nitrogens is 2. The van der Waals surface area contributed by atoms with Gasteiger partial charge in [0.25, 0.3) is 11.5 Å². The molecule has 0 atom stereocenters. The van der Waals surface area contributed by atoms with Crippen molar-refractivity contribution in [2.75, 3.05) is 32.4 Å². The molecule has 1 aromatic carbocycles. The third-order valence-electron chi connectivity index (χ3n) is 5.53. The summed E-state index contributed by atoms with van der Waals surface area (Å²) in [6.07, 6.45) is 3.30. The molecule has 9 nitrogen and oxygen atoms in total. The minimum absolute atomic E-state index is 0.179. The van der Waals surface area contributed by atoms with Crippen molar-refractivity contribution in [2.24, 2.45) is 0 Å². The van der Waals surface area contributed by atoms with Crippen LogP contribution in [0.2, 0.25) is 0 Å². The predicted molar refractivity (Wildman–Crippen MR) is 138 cm³/mol. The lowest BCUT2D eigenvalue weighted by Crippen LogP contribution is -2.27. The van der Waals surface area contributed by atoms with Crippen LogP contribution in [0.25, 0.3) is 11.7 Å². The number of hydrogen-bond acceptors (Lipinski definition) is 9. The standard InChI is InChI=1S/C24H22N4O5S2/c1-14-3-6-20-26-21(25-7-8-31-2)16(22(29)27(20)11-14)10-19-23(30)28(24(34)35-19)12-15-4-5-17-18(9-15)33-13-32-17/h3-6,9-11,25H,7-8,12-13H2,1-2H3. The van der Waals surface area contributed by atoms with Crippen LogP contribution in [-0.2, 0) is 16.1 Å².